The minimum absolute atomic E-state index is 0.121. The molecule has 0 saturated carbocycles. The zero-order valence-corrected chi connectivity index (χ0v) is 15.3. The Morgan fingerprint density at radius 3 is 2.67 bits per heavy atom. The Kier molecular flexibility index (Phi) is 5.80. The summed E-state index contributed by atoms with van der Waals surface area (Å²) in [5.74, 6) is 1.76. The summed E-state index contributed by atoms with van der Waals surface area (Å²) in [6.07, 6.45) is 0.386. The lowest BCUT2D eigenvalue weighted by Crippen LogP contribution is -2.34. The zero-order valence-electron chi connectivity index (χ0n) is 15.3. The number of methoxy groups -OCH3 is 1. The molecule has 0 bridgehead atoms. The molecule has 27 heavy (non-hydrogen) atoms. The molecular formula is C20H22N2O5. The van der Waals surface area contributed by atoms with E-state index in [1.54, 1.807) is 32.2 Å². The van der Waals surface area contributed by atoms with E-state index in [9.17, 15) is 9.59 Å². The van der Waals surface area contributed by atoms with Gasteiger partial charge in [-0.1, -0.05) is 0 Å². The van der Waals surface area contributed by atoms with E-state index in [0.29, 0.717) is 36.6 Å². The van der Waals surface area contributed by atoms with E-state index in [4.69, 9.17) is 14.2 Å². The van der Waals surface area contributed by atoms with E-state index in [1.807, 2.05) is 24.3 Å². The fourth-order valence-electron chi connectivity index (χ4n) is 2.60. The van der Waals surface area contributed by atoms with Gasteiger partial charge in [0.2, 0.25) is 5.91 Å². The lowest BCUT2D eigenvalue weighted by Gasteiger charge is -2.23. The molecule has 2 aromatic rings. The van der Waals surface area contributed by atoms with Gasteiger partial charge in [-0.3, -0.25) is 9.59 Å². The van der Waals surface area contributed by atoms with E-state index in [0.717, 1.165) is 11.5 Å². The largest absolute Gasteiger partial charge is 0.497 e. The number of benzene rings is 2. The van der Waals surface area contributed by atoms with Crippen molar-refractivity contribution in [2.24, 2.45) is 0 Å². The number of carbonyl (C=O) groups excluding carboxylic acids is 2. The SMILES string of the molecule is COc1ccc(OCCCC(=O)Nc2ccc3c(c2)NC(=O)[C@@H](C)O3)cc1. The van der Waals surface area contributed by atoms with Gasteiger partial charge >= 0.3 is 0 Å². The molecule has 1 aliphatic rings. The highest BCUT2D eigenvalue weighted by Gasteiger charge is 2.23. The number of fused-ring (bicyclic) bond motifs is 1. The fourth-order valence-corrected chi connectivity index (χ4v) is 2.60. The molecule has 0 saturated heterocycles. The number of hydrogen-bond acceptors (Lipinski definition) is 5. The van der Waals surface area contributed by atoms with Gasteiger partial charge < -0.3 is 24.8 Å². The van der Waals surface area contributed by atoms with Crippen LogP contribution in [0.5, 0.6) is 17.2 Å². The summed E-state index contributed by atoms with van der Waals surface area (Å²) in [4.78, 5) is 23.8. The van der Waals surface area contributed by atoms with E-state index < -0.39 is 6.10 Å². The molecule has 0 radical (unpaired) electrons. The van der Waals surface area contributed by atoms with Crippen molar-refractivity contribution in [3.63, 3.8) is 0 Å². The number of ether oxygens (including phenoxy) is 3. The number of carbonyl (C=O) groups is 2. The van der Waals surface area contributed by atoms with Crippen LogP contribution < -0.4 is 24.8 Å². The lowest BCUT2D eigenvalue weighted by molar-refractivity contribution is -0.122. The Morgan fingerprint density at radius 1 is 1.19 bits per heavy atom. The Morgan fingerprint density at radius 2 is 1.93 bits per heavy atom. The number of rotatable bonds is 7. The third kappa shape index (κ3) is 4.91. The maximum atomic E-state index is 12.1. The number of amides is 2. The van der Waals surface area contributed by atoms with Crippen LogP contribution in [-0.2, 0) is 9.59 Å². The van der Waals surface area contributed by atoms with Gasteiger partial charge in [0, 0.05) is 12.1 Å². The monoisotopic (exact) mass is 370 g/mol. The van der Waals surface area contributed by atoms with Crippen molar-refractivity contribution in [1.82, 2.24) is 0 Å². The van der Waals surface area contributed by atoms with Crippen LogP contribution in [0.2, 0.25) is 0 Å². The first-order valence-corrected chi connectivity index (χ1v) is 8.73. The molecule has 2 N–H and O–H groups in total. The smallest absolute Gasteiger partial charge is 0.265 e. The molecular weight excluding hydrogens is 348 g/mol. The number of nitrogens with one attached hydrogen (secondary N) is 2. The second-order valence-corrected chi connectivity index (χ2v) is 6.14. The van der Waals surface area contributed by atoms with E-state index >= 15 is 0 Å². The minimum Gasteiger partial charge on any atom is -0.497 e. The van der Waals surface area contributed by atoms with Gasteiger partial charge in [0.25, 0.3) is 5.91 Å². The quantitative estimate of drug-likeness (QED) is 0.731. The summed E-state index contributed by atoms with van der Waals surface area (Å²) in [5.41, 5.74) is 1.16. The Labute approximate surface area is 157 Å². The van der Waals surface area contributed by atoms with Gasteiger partial charge in [-0.25, -0.2) is 0 Å². The molecule has 2 aromatic carbocycles. The van der Waals surface area contributed by atoms with Gasteiger partial charge in [-0.2, -0.15) is 0 Å². The van der Waals surface area contributed by atoms with E-state index in [2.05, 4.69) is 10.6 Å². The topological polar surface area (TPSA) is 85.9 Å². The highest BCUT2D eigenvalue weighted by atomic mass is 16.5. The van der Waals surface area contributed by atoms with Gasteiger partial charge in [-0.15, -0.1) is 0 Å². The molecule has 0 aliphatic carbocycles. The average Bonchev–Trinajstić information content (AvgIpc) is 2.67. The molecule has 0 aromatic heterocycles. The van der Waals surface area contributed by atoms with Crippen molar-refractivity contribution in [1.29, 1.82) is 0 Å². The number of anilines is 2. The molecule has 1 aliphatic heterocycles. The van der Waals surface area contributed by atoms with Crippen LogP contribution in [-0.4, -0.2) is 31.6 Å². The Hall–Kier alpha value is -3.22. The van der Waals surface area contributed by atoms with E-state index in [1.165, 1.54) is 0 Å². The highest BCUT2D eigenvalue weighted by Crippen LogP contribution is 2.32. The van der Waals surface area contributed by atoms with Crippen molar-refractivity contribution in [2.75, 3.05) is 24.4 Å². The standard InChI is InChI=1S/C20H22N2O5/c1-13-20(24)22-17-12-14(5-10-18(17)27-13)21-19(23)4-3-11-26-16-8-6-15(25-2)7-9-16/h5-10,12-13H,3-4,11H2,1-2H3,(H,21,23)(H,22,24)/t13-/m1/s1. The third-order valence-electron chi connectivity index (χ3n) is 4.07. The molecule has 1 atom stereocenters. The minimum atomic E-state index is -0.524. The predicted octanol–water partition coefficient (Wildman–Crippen LogP) is 3.21. The molecule has 2 amide bonds. The van der Waals surface area contributed by atoms with Crippen LogP contribution >= 0.6 is 0 Å². The Balaban J connectivity index is 1.44. The Bertz CT molecular complexity index is 820. The summed E-state index contributed by atoms with van der Waals surface area (Å²) >= 11 is 0. The van der Waals surface area contributed by atoms with Crippen molar-refractivity contribution < 1.29 is 23.8 Å². The van der Waals surface area contributed by atoms with Crippen molar-refractivity contribution in [3.8, 4) is 17.2 Å². The van der Waals surface area contributed by atoms with Crippen LogP contribution in [0, 0.1) is 0 Å². The second-order valence-electron chi connectivity index (χ2n) is 6.14. The summed E-state index contributed by atoms with van der Waals surface area (Å²) in [6, 6.07) is 12.4. The van der Waals surface area contributed by atoms with Gasteiger partial charge in [0.1, 0.15) is 17.2 Å². The molecule has 3 rings (SSSR count). The summed E-state index contributed by atoms with van der Waals surface area (Å²) in [6.45, 7) is 2.12. The van der Waals surface area contributed by atoms with E-state index in [-0.39, 0.29) is 11.8 Å². The van der Waals surface area contributed by atoms with Gasteiger partial charge in [0.15, 0.2) is 6.10 Å². The molecule has 142 valence electrons. The first kappa shape index (κ1) is 18.6. The van der Waals surface area contributed by atoms with Crippen molar-refractivity contribution in [2.45, 2.75) is 25.9 Å². The average molecular weight is 370 g/mol. The van der Waals surface area contributed by atoms with Crippen LogP contribution in [0.25, 0.3) is 0 Å². The van der Waals surface area contributed by atoms with Crippen LogP contribution in [0.3, 0.4) is 0 Å². The molecule has 7 nitrogen and oxygen atoms in total. The molecule has 1 heterocycles. The molecule has 0 fully saturated rings. The summed E-state index contributed by atoms with van der Waals surface area (Å²) in [7, 11) is 1.61. The third-order valence-corrected chi connectivity index (χ3v) is 4.07. The number of hydrogen-bond donors (Lipinski definition) is 2. The normalized spacial score (nSPS) is 15.2. The first-order chi connectivity index (χ1) is 13.0. The molecule has 0 spiro atoms. The second kappa shape index (κ2) is 8.44. The van der Waals surface area contributed by atoms with Crippen LogP contribution in [0.1, 0.15) is 19.8 Å². The maximum absolute atomic E-state index is 12.1. The van der Waals surface area contributed by atoms with Crippen LogP contribution in [0.15, 0.2) is 42.5 Å². The highest BCUT2D eigenvalue weighted by molar-refractivity contribution is 5.99. The van der Waals surface area contributed by atoms with Gasteiger partial charge in [0.05, 0.1) is 19.4 Å². The molecule has 7 heteroatoms. The summed E-state index contributed by atoms with van der Waals surface area (Å²) in [5, 5.41) is 5.57. The maximum Gasteiger partial charge on any atom is 0.265 e. The van der Waals surface area contributed by atoms with Crippen molar-refractivity contribution >= 4 is 23.2 Å². The lowest BCUT2D eigenvalue weighted by atomic mass is 10.2. The first-order valence-electron chi connectivity index (χ1n) is 8.73. The van der Waals surface area contributed by atoms with Crippen LogP contribution in [0.4, 0.5) is 11.4 Å². The van der Waals surface area contributed by atoms with Crippen molar-refractivity contribution in [3.05, 3.63) is 42.5 Å². The molecule has 0 unspecified atom stereocenters. The predicted molar refractivity (Wildman–Crippen MR) is 102 cm³/mol. The van der Waals surface area contributed by atoms with Gasteiger partial charge in [-0.05, 0) is 55.8 Å². The zero-order chi connectivity index (χ0) is 19.2. The summed E-state index contributed by atoms with van der Waals surface area (Å²) < 4.78 is 16.2. The fraction of sp³-hybridized carbons (Fsp3) is 0.300.